The van der Waals surface area contributed by atoms with Crippen molar-refractivity contribution in [3.8, 4) is 0 Å². The summed E-state index contributed by atoms with van der Waals surface area (Å²) in [5.74, 6) is 0. The van der Waals surface area contributed by atoms with Gasteiger partial charge in [-0.2, -0.15) is 5.10 Å². The van der Waals surface area contributed by atoms with E-state index in [-0.39, 0.29) is 0 Å². The Balaban J connectivity index is 1.62. The first kappa shape index (κ1) is 15.2. The van der Waals surface area contributed by atoms with Gasteiger partial charge in [-0.05, 0) is 39.3 Å². The molecule has 0 saturated carbocycles. The third-order valence-corrected chi connectivity index (χ3v) is 4.14. The van der Waals surface area contributed by atoms with Gasteiger partial charge < -0.3 is 5.11 Å². The van der Waals surface area contributed by atoms with E-state index in [1.54, 1.807) is 17.1 Å². The molecule has 1 aliphatic rings. The molecule has 3 heterocycles. The van der Waals surface area contributed by atoms with Crippen molar-refractivity contribution >= 4 is 0 Å². The second-order valence-corrected chi connectivity index (χ2v) is 6.52. The number of β-amino-alcohol motifs (C(OH)–C–C–N with tert-alkyl or cyclic N) is 1. The molecule has 1 aliphatic heterocycles. The summed E-state index contributed by atoms with van der Waals surface area (Å²) in [6.45, 7) is 7.14. The van der Waals surface area contributed by atoms with Crippen LogP contribution in [0, 0.1) is 0 Å². The lowest BCUT2D eigenvalue weighted by molar-refractivity contribution is -0.0481. The third kappa shape index (κ3) is 3.53. The Labute approximate surface area is 130 Å². The van der Waals surface area contributed by atoms with Crippen LogP contribution in [0.15, 0.2) is 24.7 Å². The minimum Gasteiger partial charge on any atom is -0.387 e. The summed E-state index contributed by atoms with van der Waals surface area (Å²) in [4.78, 5) is 2.27. The molecule has 22 heavy (non-hydrogen) atoms. The van der Waals surface area contributed by atoms with Crippen molar-refractivity contribution in [1.82, 2.24) is 29.7 Å². The van der Waals surface area contributed by atoms with Crippen LogP contribution in [0.5, 0.6) is 0 Å². The van der Waals surface area contributed by atoms with Crippen molar-refractivity contribution in [3.63, 3.8) is 0 Å². The first-order chi connectivity index (χ1) is 10.5. The topological polar surface area (TPSA) is 72.0 Å². The second-order valence-electron chi connectivity index (χ2n) is 6.52. The zero-order chi connectivity index (χ0) is 15.6. The predicted octanol–water partition coefficient (Wildman–Crippen LogP) is 1.08. The van der Waals surface area contributed by atoms with E-state index in [1.807, 2.05) is 10.9 Å². The minimum atomic E-state index is -0.743. The Hall–Kier alpha value is -1.73. The zero-order valence-corrected chi connectivity index (χ0v) is 13.3. The molecular weight excluding hydrogens is 280 g/mol. The summed E-state index contributed by atoms with van der Waals surface area (Å²) in [5, 5.41) is 23.2. The van der Waals surface area contributed by atoms with Crippen LogP contribution in [0.4, 0.5) is 0 Å². The number of aliphatic hydroxyl groups is 1. The van der Waals surface area contributed by atoms with Gasteiger partial charge in [0.15, 0.2) is 0 Å². The average molecular weight is 304 g/mol. The summed E-state index contributed by atoms with van der Waals surface area (Å²) in [6, 6.07) is 2.43. The van der Waals surface area contributed by atoms with Crippen molar-refractivity contribution in [2.45, 2.75) is 51.4 Å². The molecule has 0 aromatic carbocycles. The van der Waals surface area contributed by atoms with Crippen LogP contribution in [0.2, 0.25) is 0 Å². The predicted molar refractivity (Wildman–Crippen MR) is 82.1 cm³/mol. The van der Waals surface area contributed by atoms with Gasteiger partial charge in [0.25, 0.3) is 0 Å². The number of rotatable bonds is 5. The number of aromatic nitrogens is 5. The molecule has 7 heteroatoms. The molecule has 1 N–H and O–H groups in total. The highest BCUT2D eigenvalue weighted by molar-refractivity contribution is 5.01. The molecule has 1 fully saturated rings. The molecule has 0 bridgehead atoms. The van der Waals surface area contributed by atoms with Crippen molar-refractivity contribution in [3.05, 3.63) is 30.4 Å². The van der Waals surface area contributed by atoms with Crippen LogP contribution in [0.1, 0.15) is 38.4 Å². The average Bonchev–Trinajstić information content (AvgIpc) is 3.10. The largest absolute Gasteiger partial charge is 0.387 e. The fourth-order valence-electron chi connectivity index (χ4n) is 3.07. The summed E-state index contributed by atoms with van der Waals surface area (Å²) in [5.41, 5.74) is 0.311. The minimum absolute atomic E-state index is 0.374. The van der Waals surface area contributed by atoms with Crippen LogP contribution < -0.4 is 0 Å². The molecule has 1 unspecified atom stereocenters. The van der Waals surface area contributed by atoms with Gasteiger partial charge in [-0.1, -0.05) is 5.21 Å². The first-order valence-corrected chi connectivity index (χ1v) is 7.87. The lowest BCUT2D eigenvalue weighted by Gasteiger charge is -2.38. The number of hydrogen-bond donors (Lipinski definition) is 1. The maximum absolute atomic E-state index is 10.8. The van der Waals surface area contributed by atoms with E-state index >= 15 is 0 Å². The molecule has 3 rings (SSSR count). The van der Waals surface area contributed by atoms with E-state index in [2.05, 4.69) is 40.2 Å². The van der Waals surface area contributed by atoms with E-state index in [0.29, 0.717) is 19.1 Å². The highest BCUT2D eigenvalue weighted by Gasteiger charge is 2.34. The van der Waals surface area contributed by atoms with Gasteiger partial charge in [-0.3, -0.25) is 9.58 Å². The molecule has 7 nitrogen and oxygen atoms in total. The van der Waals surface area contributed by atoms with Gasteiger partial charge in [0.05, 0.1) is 24.0 Å². The molecule has 120 valence electrons. The van der Waals surface area contributed by atoms with Gasteiger partial charge in [0, 0.05) is 31.5 Å². The maximum atomic E-state index is 10.8. The number of nitrogens with zero attached hydrogens (tertiary/aromatic N) is 6. The highest BCUT2D eigenvalue weighted by Crippen LogP contribution is 2.24. The lowest BCUT2D eigenvalue weighted by Crippen LogP contribution is -2.50. The summed E-state index contributed by atoms with van der Waals surface area (Å²) in [7, 11) is 0. The van der Waals surface area contributed by atoms with Crippen LogP contribution >= 0.6 is 0 Å². The monoisotopic (exact) mass is 304 g/mol. The van der Waals surface area contributed by atoms with Gasteiger partial charge in [-0.15, -0.1) is 5.10 Å². The SMILES string of the molecule is CC(C)n1ccc(CN2CCCC(O)(Cn3ccnn3)C2)n1. The Morgan fingerprint density at radius 2 is 2.23 bits per heavy atom. The fraction of sp³-hybridized carbons (Fsp3) is 0.667. The smallest absolute Gasteiger partial charge is 0.0970 e. The normalized spacial score (nSPS) is 23.3. The Morgan fingerprint density at radius 1 is 1.36 bits per heavy atom. The van der Waals surface area contributed by atoms with Gasteiger partial charge >= 0.3 is 0 Å². The Bertz CT molecular complexity index is 593. The molecule has 1 atom stereocenters. The maximum Gasteiger partial charge on any atom is 0.0970 e. The van der Waals surface area contributed by atoms with E-state index in [9.17, 15) is 5.11 Å². The summed E-state index contributed by atoms with van der Waals surface area (Å²) < 4.78 is 3.68. The van der Waals surface area contributed by atoms with Crippen LogP contribution in [0.3, 0.4) is 0 Å². The second kappa shape index (κ2) is 6.18. The molecule has 0 amide bonds. The fourth-order valence-corrected chi connectivity index (χ4v) is 3.07. The molecule has 1 saturated heterocycles. The van der Waals surface area contributed by atoms with Crippen LogP contribution in [0.25, 0.3) is 0 Å². The first-order valence-electron chi connectivity index (χ1n) is 7.87. The number of piperidine rings is 1. The molecular formula is C15H24N6O. The molecule has 0 spiro atoms. The molecule has 0 aliphatic carbocycles. The lowest BCUT2D eigenvalue weighted by atomic mass is 9.92. The quantitative estimate of drug-likeness (QED) is 0.895. The summed E-state index contributed by atoms with van der Waals surface area (Å²) in [6.07, 6.45) is 7.23. The van der Waals surface area contributed by atoms with E-state index in [0.717, 1.165) is 31.6 Å². The third-order valence-electron chi connectivity index (χ3n) is 4.14. The van der Waals surface area contributed by atoms with Crippen LogP contribution in [-0.2, 0) is 13.1 Å². The van der Waals surface area contributed by atoms with E-state index in [1.165, 1.54) is 0 Å². The van der Waals surface area contributed by atoms with Crippen molar-refractivity contribution in [2.24, 2.45) is 0 Å². The van der Waals surface area contributed by atoms with Crippen molar-refractivity contribution < 1.29 is 5.11 Å². The molecule has 2 aromatic rings. The Morgan fingerprint density at radius 3 is 2.91 bits per heavy atom. The van der Waals surface area contributed by atoms with E-state index < -0.39 is 5.60 Å². The van der Waals surface area contributed by atoms with Crippen molar-refractivity contribution in [1.29, 1.82) is 0 Å². The standard InChI is InChI=1S/C15H24N6O/c1-13(2)21-8-4-14(17-21)10-19-7-3-5-15(22,11-19)12-20-9-6-16-18-20/h4,6,8-9,13,22H,3,5,7,10-12H2,1-2H3. The molecule has 2 aromatic heterocycles. The van der Waals surface area contributed by atoms with Gasteiger partial charge in [0.2, 0.25) is 0 Å². The highest BCUT2D eigenvalue weighted by atomic mass is 16.3. The van der Waals surface area contributed by atoms with Crippen molar-refractivity contribution in [2.75, 3.05) is 13.1 Å². The van der Waals surface area contributed by atoms with Gasteiger partial charge in [0.1, 0.15) is 0 Å². The number of hydrogen-bond acceptors (Lipinski definition) is 5. The Kier molecular flexibility index (Phi) is 4.26. The molecule has 0 radical (unpaired) electrons. The summed E-state index contributed by atoms with van der Waals surface area (Å²) >= 11 is 0. The zero-order valence-electron chi connectivity index (χ0n) is 13.3. The van der Waals surface area contributed by atoms with E-state index in [4.69, 9.17) is 0 Å². The number of likely N-dealkylation sites (tertiary alicyclic amines) is 1. The van der Waals surface area contributed by atoms with Crippen LogP contribution in [-0.4, -0.2) is 53.5 Å². The van der Waals surface area contributed by atoms with Gasteiger partial charge in [-0.25, -0.2) is 4.68 Å².